The largest absolute Gasteiger partial charge is 0.428 e. The molecule has 1 aromatic heterocycles. The predicted octanol–water partition coefficient (Wildman–Crippen LogP) is 4.11. The van der Waals surface area contributed by atoms with Crippen molar-refractivity contribution in [2.24, 2.45) is 17.3 Å². The number of oxazole rings is 1. The van der Waals surface area contributed by atoms with Crippen molar-refractivity contribution < 1.29 is 17.6 Å². The van der Waals surface area contributed by atoms with Gasteiger partial charge >= 0.3 is 5.22 Å². The van der Waals surface area contributed by atoms with Gasteiger partial charge in [0.25, 0.3) is 0 Å². The Morgan fingerprint density at radius 1 is 1.30 bits per heavy atom. The number of nitrogens with zero attached hydrogens (tertiary/aromatic N) is 1. The first-order valence-corrected chi connectivity index (χ1v) is 11.0. The first-order valence-electron chi connectivity index (χ1n) is 9.33. The summed E-state index contributed by atoms with van der Waals surface area (Å²) in [5.74, 6) is 0.265. The quantitative estimate of drug-likeness (QED) is 0.740. The van der Waals surface area contributed by atoms with Crippen molar-refractivity contribution in [3.63, 3.8) is 0 Å². The van der Waals surface area contributed by atoms with E-state index in [1.54, 1.807) is 30.3 Å². The van der Waals surface area contributed by atoms with Crippen LogP contribution in [0.15, 0.2) is 57.7 Å². The van der Waals surface area contributed by atoms with Crippen molar-refractivity contribution in [1.29, 1.82) is 0 Å². The number of hydrogen-bond donors (Lipinski definition) is 0. The molecule has 2 atom stereocenters. The van der Waals surface area contributed by atoms with Gasteiger partial charge in [-0.25, -0.2) is 8.42 Å². The maximum atomic E-state index is 13.1. The molecule has 0 amide bonds. The number of aromatic nitrogens is 1. The van der Waals surface area contributed by atoms with Crippen LogP contribution >= 0.6 is 0 Å². The minimum atomic E-state index is -3.67. The average molecular weight is 385 g/mol. The molecule has 0 N–H and O–H groups in total. The van der Waals surface area contributed by atoms with Crippen molar-refractivity contribution >= 4 is 26.7 Å². The van der Waals surface area contributed by atoms with Gasteiger partial charge in [0, 0.05) is 11.8 Å². The van der Waals surface area contributed by atoms with Crippen LogP contribution in [0.4, 0.5) is 0 Å². The van der Waals surface area contributed by atoms with Gasteiger partial charge in [0.1, 0.15) is 5.52 Å². The standard InChI is InChI=1S/C21H23NO4S/c1-14(2)17-8-7-15(21(17)11-9-16(23)10-12-21)13-27(24,25)20-22-18-5-3-4-6-19(18)26-20/h3-6,8-9,11,14-15H,7,10,12-13H2,1-2H3/t15-,21+/m1/s1. The number of para-hydroxylation sites is 2. The highest BCUT2D eigenvalue weighted by Crippen LogP contribution is 2.53. The van der Waals surface area contributed by atoms with Gasteiger partial charge in [-0.1, -0.05) is 43.7 Å². The van der Waals surface area contributed by atoms with Crippen LogP contribution in [0, 0.1) is 17.3 Å². The molecular formula is C21H23NO4S. The molecule has 2 aromatic rings. The zero-order chi connectivity index (χ0) is 19.2. The van der Waals surface area contributed by atoms with E-state index in [9.17, 15) is 13.2 Å². The lowest BCUT2D eigenvalue weighted by atomic mass is 9.66. The fourth-order valence-corrected chi connectivity index (χ4v) is 6.09. The monoisotopic (exact) mass is 385 g/mol. The van der Waals surface area contributed by atoms with E-state index in [2.05, 4.69) is 24.9 Å². The highest BCUT2D eigenvalue weighted by atomic mass is 32.2. The Bertz CT molecular complexity index is 1030. The van der Waals surface area contributed by atoms with Crippen molar-refractivity contribution in [2.75, 3.05) is 5.75 Å². The maximum Gasteiger partial charge on any atom is 0.316 e. The summed E-state index contributed by atoms with van der Waals surface area (Å²) in [5, 5.41) is -0.215. The number of sulfone groups is 1. The molecule has 0 saturated heterocycles. The molecule has 1 heterocycles. The van der Waals surface area contributed by atoms with Crippen LogP contribution in [-0.4, -0.2) is 24.9 Å². The fourth-order valence-electron chi connectivity index (χ4n) is 4.53. The van der Waals surface area contributed by atoms with Crippen LogP contribution in [0.1, 0.15) is 33.1 Å². The molecule has 27 heavy (non-hydrogen) atoms. The lowest BCUT2D eigenvalue weighted by Gasteiger charge is -2.39. The number of carbonyl (C=O) groups is 1. The van der Waals surface area contributed by atoms with E-state index in [-0.39, 0.29) is 28.1 Å². The van der Waals surface area contributed by atoms with E-state index in [1.165, 1.54) is 5.57 Å². The first kappa shape index (κ1) is 18.2. The third-order valence-corrected chi connectivity index (χ3v) is 7.37. The predicted molar refractivity (Wildman–Crippen MR) is 103 cm³/mol. The van der Waals surface area contributed by atoms with Gasteiger partial charge < -0.3 is 4.42 Å². The Hall–Kier alpha value is -2.21. The molecule has 0 radical (unpaired) electrons. The van der Waals surface area contributed by atoms with Crippen LogP contribution < -0.4 is 0 Å². The molecule has 1 aromatic carbocycles. The molecule has 0 saturated carbocycles. The minimum absolute atomic E-state index is 0.0366. The zero-order valence-electron chi connectivity index (χ0n) is 15.5. The number of hydrogen-bond acceptors (Lipinski definition) is 5. The molecule has 0 fully saturated rings. The molecule has 2 aliphatic carbocycles. The summed E-state index contributed by atoms with van der Waals surface area (Å²) in [6.07, 6.45) is 7.55. The molecule has 0 aliphatic heterocycles. The summed E-state index contributed by atoms with van der Waals surface area (Å²) in [7, 11) is -3.67. The second kappa shape index (κ2) is 6.44. The molecule has 2 aliphatic rings. The molecule has 0 unspecified atom stereocenters. The average Bonchev–Trinajstić information content (AvgIpc) is 3.20. The Morgan fingerprint density at radius 2 is 2.07 bits per heavy atom. The summed E-state index contributed by atoms with van der Waals surface area (Å²) < 4.78 is 31.6. The summed E-state index contributed by atoms with van der Waals surface area (Å²) in [4.78, 5) is 15.9. The van der Waals surface area contributed by atoms with Gasteiger partial charge in [0.2, 0.25) is 9.84 Å². The Balaban J connectivity index is 1.68. The van der Waals surface area contributed by atoms with Crippen LogP contribution in [0.5, 0.6) is 0 Å². The third kappa shape index (κ3) is 3.06. The number of carbonyl (C=O) groups excluding carboxylic acids is 1. The van der Waals surface area contributed by atoms with Gasteiger partial charge in [-0.15, -0.1) is 0 Å². The topological polar surface area (TPSA) is 77.2 Å². The van der Waals surface area contributed by atoms with Gasteiger partial charge in [-0.05, 0) is 42.9 Å². The SMILES string of the molecule is CC(C)C1=CC[C@H](CS(=O)(=O)c2nc3ccccc3o2)[C@@]12C=CC(=O)CC2. The highest BCUT2D eigenvalue weighted by molar-refractivity contribution is 7.91. The van der Waals surface area contributed by atoms with Crippen LogP contribution in [0.3, 0.4) is 0 Å². The lowest BCUT2D eigenvalue weighted by molar-refractivity contribution is -0.115. The van der Waals surface area contributed by atoms with Crippen molar-refractivity contribution in [3.8, 4) is 0 Å². The first-order chi connectivity index (χ1) is 12.8. The Labute approximate surface area is 159 Å². The van der Waals surface area contributed by atoms with Crippen LogP contribution in [0.2, 0.25) is 0 Å². The van der Waals surface area contributed by atoms with Crippen molar-refractivity contribution in [3.05, 3.63) is 48.1 Å². The van der Waals surface area contributed by atoms with Crippen molar-refractivity contribution in [2.45, 2.75) is 38.3 Å². The van der Waals surface area contributed by atoms with Crippen molar-refractivity contribution in [1.82, 2.24) is 4.98 Å². The molecule has 0 bridgehead atoms. The van der Waals surface area contributed by atoms with Crippen LogP contribution in [0.25, 0.3) is 11.1 Å². The normalized spacial score (nSPS) is 25.7. The second-order valence-corrected chi connectivity index (χ2v) is 9.73. The van der Waals surface area contributed by atoms with Gasteiger partial charge in [0.15, 0.2) is 11.4 Å². The Morgan fingerprint density at radius 3 is 2.74 bits per heavy atom. The summed E-state index contributed by atoms with van der Waals surface area (Å²) >= 11 is 0. The highest BCUT2D eigenvalue weighted by Gasteiger charge is 2.47. The molecular weight excluding hydrogens is 362 g/mol. The second-order valence-electron chi connectivity index (χ2n) is 7.82. The van der Waals surface area contributed by atoms with E-state index < -0.39 is 9.84 Å². The number of rotatable bonds is 4. The number of benzene rings is 1. The molecule has 1 spiro atoms. The smallest absolute Gasteiger partial charge is 0.316 e. The fraction of sp³-hybridized carbons (Fsp3) is 0.429. The lowest BCUT2D eigenvalue weighted by Crippen LogP contribution is -2.35. The van der Waals surface area contributed by atoms with Gasteiger partial charge in [0.05, 0.1) is 5.75 Å². The summed E-state index contributed by atoms with van der Waals surface area (Å²) in [5.41, 5.74) is 1.90. The van der Waals surface area contributed by atoms with Crippen LogP contribution in [-0.2, 0) is 14.6 Å². The van der Waals surface area contributed by atoms with E-state index in [4.69, 9.17) is 4.42 Å². The number of allylic oxidation sites excluding steroid dienone is 4. The van der Waals surface area contributed by atoms with E-state index in [0.717, 1.165) is 0 Å². The summed E-state index contributed by atoms with van der Waals surface area (Å²) in [6, 6.07) is 7.05. The maximum absolute atomic E-state index is 13.1. The van der Waals surface area contributed by atoms with Gasteiger partial charge in [-0.2, -0.15) is 4.98 Å². The van der Waals surface area contributed by atoms with E-state index in [0.29, 0.717) is 36.3 Å². The summed E-state index contributed by atoms with van der Waals surface area (Å²) in [6.45, 7) is 4.24. The number of ketones is 1. The Kier molecular flexibility index (Phi) is 4.34. The molecule has 4 rings (SSSR count). The third-order valence-electron chi connectivity index (χ3n) is 5.82. The minimum Gasteiger partial charge on any atom is -0.428 e. The zero-order valence-corrected chi connectivity index (χ0v) is 16.3. The molecule has 142 valence electrons. The van der Waals surface area contributed by atoms with E-state index >= 15 is 0 Å². The van der Waals surface area contributed by atoms with Gasteiger partial charge in [-0.3, -0.25) is 4.79 Å². The van der Waals surface area contributed by atoms with E-state index in [1.807, 2.05) is 6.08 Å². The number of fused-ring (bicyclic) bond motifs is 1. The molecule has 5 nitrogen and oxygen atoms in total. The molecule has 6 heteroatoms.